The van der Waals surface area contributed by atoms with E-state index < -0.39 is 0 Å². The summed E-state index contributed by atoms with van der Waals surface area (Å²) in [5.41, 5.74) is 1.89. The third kappa shape index (κ3) is 1.93. The van der Waals surface area contributed by atoms with Crippen molar-refractivity contribution in [3.63, 3.8) is 0 Å². The molecule has 0 spiro atoms. The predicted molar refractivity (Wildman–Crippen MR) is 62.4 cm³/mol. The van der Waals surface area contributed by atoms with Crippen molar-refractivity contribution in [2.24, 2.45) is 11.8 Å². The highest BCUT2D eigenvalue weighted by Crippen LogP contribution is 2.34. The summed E-state index contributed by atoms with van der Waals surface area (Å²) in [7, 11) is 0. The van der Waals surface area contributed by atoms with E-state index in [2.05, 4.69) is 13.8 Å². The number of Topliss-reactive ketones (excluding diaryl/α,β-unsaturated/α-hetero) is 1. The minimum atomic E-state index is 0.153. The molecule has 15 heavy (non-hydrogen) atoms. The summed E-state index contributed by atoms with van der Waals surface area (Å²) in [6.45, 7) is 4.30. The van der Waals surface area contributed by atoms with E-state index in [0.29, 0.717) is 5.92 Å². The van der Waals surface area contributed by atoms with E-state index >= 15 is 0 Å². The molecule has 1 aliphatic carbocycles. The molecular weight excluding hydrogens is 208 g/mol. The Hall–Kier alpha value is -0.820. The molecule has 0 N–H and O–H groups in total. The quantitative estimate of drug-likeness (QED) is 0.745. The highest BCUT2D eigenvalue weighted by molar-refractivity contribution is 6.32. The van der Waals surface area contributed by atoms with Crippen molar-refractivity contribution in [2.45, 2.75) is 26.7 Å². The van der Waals surface area contributed by atoms with Gasteiger partial charge in [-0.25, -0.2) is 0 Å². The van der Waals surface area contributed by atoms with Crippen LogP contribution in [0.25, 0.3) is 0 Å². The van der Waals surface area contributed by atoms with Crippen molar-refractivity contribution in [2.75, 3.05) is 0 Å². The minimum Gasteiger partial charge on any atom is -0.294 e. The Labute approximate surface area is 95.4 Å². The monoisotopic (exact) mass is 222 g/mol. The molecular formula is C13H15ClO. The zero-order chi connectivity index (χ0) is 11.0. The Balaban J connectivity index is 2.29. The summed E-state index contributed by atoms with van der Waals surface area (Å²) < 4.78 is 0. The van der Waals surface area contributed by atoms with Crippen LogP contribution < -0.4 is 0 Å². The maximum absolute atomic E-state index is 12.0. The molecule has 1 atom stereocenters. The van der Waals surface area contributed by atoms with Gasteiger partial charge in [-0.1, -0.05) is 37.6 Å². The molecule has 0 heterocycles. The molecule has 1 nitrogen and oxygen atoms in total. The number of hydrogen-bond donors (Lipinski definition) is 0. The average Bonchev–Trinajstić information content (AvgIpc) is 2.46. The van der Waals surface area contributed by atoms with Crippen LogP contribution in [0.1, 0.15) is 36.2 Å². The maximum Gasteiger partial charge on any atom is 0.166 e. The fourth-order valence-electron chi connectivity index (χ4n) is 2.32. The average molecular weight is 223 g/mol. The number of hydrogen-bond acceptors (Lipinski definition) is 1. The topological polar surface area (TPSA) is 17.1 Å². The Bertz CT molecular complexity index is 396. The smallest absolute Gasteiger partial charge is 0.166 e. The molecule has 80 valence electrons. The maximum atomic E-state index is 12.0. The molecule has 0 aliphatic heterocycles. The van der Waals surface area contributed by atoms with Gasteiger partial charge in [0.1, 0.15) is 0 Å². The molecule has 0 bridgehead atoms. The van der Waals surface area contributed by atoms with Crippen molar-refractivity contribution >= 4 is 17.4 Å². The van der Waals surface area contributed by atoms with E-state index in [1.807, 2.05) is 18.2 Å². The fourth-order valence-corrected chi connectivity index (χ4v) is 2.57. The third-order valence-corrected chi connectivity index (χ3v) is 3.32. The lowest BCUT2D eigenvalue weighted by Gasteiger charge is -2.09. The first-order valence-corrected chi connectivity index (χ1v) is 5.79. The molecule has 1 aromatic carbocycles. The lowest BCUT2D eigenvalue weighted by Crippen LogP contribution is -2.11. The van der Waals surface area contributed by atoms with Crippen molar-refractivity contribution in [3.8, 4) is 0 Å². The second-order valence-electron chi connectivity index (χ2n) is 4.66. The lowest BCUT2D eigenvalue weighted by atomic mass is 9.94. The molecule has 2 heteroatoms. The Morgan fingerprint density at radius 2 is 2.20 bits per heavy atom. The van der Waals surface area contributed by atoms with Gasteiger partial charge < -0.3 is 0 Å². The molecule has 1 unspecified atom stereocenters. The standard InChI is InChI=1S/C13H15ClO/c1-8(2)6-9-7-11-10(13(9)15)4-3-5-12(11)14/h3-5,8-9H,6-7H2,1-2H3. The van der Waals surface area contributed by atoms with Crippen LogP contribution in [0, 0.1) is 11.8 Å². The van der Waals surface area contributed by atoms with Gasteiger partial charge in [-0.3, -0.25) is 4.79 Å². The van der Waals surface area contributed by atoms with Gasteiger partial charge >= 0.3 is 0 Å². The van der Waals surface area contributed by atoms with Crippen LogP contribution in [0.2, 0.25) is 5.02 Å². The normalized spacial score (nSPS) is 19.7. The summed E-state index contributed by atoms with van der Waals surface area (Å²) in [5.74, 6) is 0.994. The van der Waals surface area contributed by atoms with Gasteiger partial charge in [0.15, 0.2) is 5.78 Å². The van der Waals surface area contributed by atoms with Crippen LogP contribution in [0.5, 0.6) is 0 Å². The molecule has 0 saturated heterocycles. The van der Waals surface area contributed by atoms with Crippen LogP contribution in [-0.4, -0.2) is 5.78 Å². The molecule has 1 aromatic rings. The Kier molecular flexibility index (Phi) is 2.83. The minimum absolute atomic E-state index is 0.153. The lowest BCUT2D eigenvalue weighted by molar-refractivity contribution is 0.0922. The second-order valence-corrected chi connectivity index (χ2v) is 5.07. The zero-order valence-electron chi connectivity index (χ0n) is 9.09. The highest BCUT2D eigenvalue weighted by atomic mass is 35.5. The number of halogens is 1. The van der Waals surface area contributed by atoms with E-state index in [-0.39, 0.29) is 11.7 Å². The molecule has 0 aromatic heterocycles. The van der Waals surface area contributed by atoms with Crippen molar-refractivity contribution in [1.29, 1.82) is 0 Å². The van der Waals surface area contributed by atoms with Crippen LogP contribution >= 0.6 is 11.6 Å². The van der Waals surface area contributed by atoms with Gasteiger partial charge in [-0.05, 0) is 30.4 Å². The van der Waals surface area contributed by atoms with Crippen LogP contribution in [0.15, 0.2) is 18.2 Å². The van der Waals surface area contributed by atoms with Crippen LogP contribution in [0.4, 0.5) is 0 Å². The summed E-state index contributed by atoms with van der Waals surface area (Å²) >= 11 is 6.08. The van der Waals surface area contributed by atoms with Crippen molar-refractivity contribution in [3.05, 3.63) is 34.3 Å². The first-order chi connectivity index (χ1) is 7.09. The molecule has 1 aliphatic rings. The van der Waals surface area contributed by atoms with E-state index in [1.54, 1.807) is 0 Å². The summed E-state index contributed by atoms with van der Waals surface area (Å²) in [4.78, 5) is 12.0. The van der Waals surface area contributed by atoms with Gasteiger partial charge in [0.25, 0.3) is 0 Å². The summed E-state index contributed by atoms with van der Waals surface area (Å²) in [6.07, 6.45) is 1.79. The molecule has 0 fully saturated rings. The zero-order valence-corrected chi connectivity index (χ0v) is 9.84. The number of ketones is 1. The molecule has 0 saturated carbocycles. The largest absolute Gasteiger partial charge is 0.294 e. The van der Waals surface area contributed by atoms with E-state index in [1.165, 1.54) is 0 Å². The van der Waals surface area contributed by atoms with Crippen molar-refractivity contribution < 1.29 is 4.79 Å². The highest BCUT2D eigenvalue weighted by Gasteiger charge is 2.31. The summed E-state index contributed by atoms with van der Waals surface area (Å²) in [6, 6.07) is 5.62. The van der Waals surface area contributed by atoms with Gasteiger partial charge in [0, 0.05) is 16.5 Å². The molecule has 0 radical (unpaired) electrons. The van der Waals surface area contributed by atoms with Crippen LogP contribution in [-0.2, 0) is 6.42 Å². The number of fused-ring (bicyclic) bond motifs is 1. The first kappa shape index (κ1) is 10.7. The first-order valence-electron chi connectivity index (χ1n) is 5.41. The predicted octanol–water partition coefficient (Wildman–Crippen LogP) is 3.74. The molecule has 0 amide bonds. The molecule has 2 rings (SSSR count). The number of rotatable bonds is 2. The van der Waals surface area contributed by atoms with E-state index in [0.717, 1.165) is 29.0 Å². The van der Waals surface area contributed by atoms with Crippen molar-refractivity contribution in [1.82, 2.24) is 0 Å². The number of carbonyl (C=O) groups excluding carboxylic acids is 1. The third-order valence-electron chi connectivity index (χ3n) is 2.96. The fraction of sp³-hybridized carbons (Fsp3) is 0.462. The Morgan fingerprint density at radius 3 is 2.80 bits per heavy atom. The summed E-state index contributed by atoms with van der Waals surface area (Å²) in [5, 5.41) is 0.743. The second kappa shape index (κ2) is 3.97. The van der Waals surface area contributed by atoms with Gasteiger partial charge in [0.05, 0.1) is 0 Å². The van der Waals surface area contributed by atoms with Gasteiger partial charge in [-0.2, -0.15) is 0 Å². The number of benzene rings is 1. The Morgan fingerprint density at radius 1 is 1.47 bits per heavy atom. The SMILES string of the molecule is CC(C)CC1Cc2c(Cl)cccc2C1=O. The van der Waals surface area contributed by atoms with Gasteiger partial charge in [-0.15, -0.1) is 0 Å². The van der Waals surface area contributed by atoms with E-state index in [9.17, 15) is 4.79 Å². The number of carbonyl (C=O) groups is 1. The van der Waals surface area contributed by atoms with Gasteiger partial charge in [0.2, 0.25) is 0 Å². The van der Waals surface area contributed by atoms with Crippen LogP contribution in [0.3, 0.4) is 0 Å². The van der Waals surface area contributed by atoms with E-state index in [4.69, 9.17) is 11.6 Å².